The second-order valence-corrected chi connectivity index (χ2v) is 18.4. The summed E-state index contributed by atoms with van der Waals surface area (Å²) in [4.78, 5) is 5.17. The van der Waals surface area contributed by atoms with Crippen molar-refractivity contribution in [2.24, 2.45) is 5.92 Å². The molecule has 0 aliphatic rings. The maximum Gasteiger partial charge on any atom is 0.268 e. The van der Waals surface area contributed by atoms with E-state index in [0.29, 0.717) is 34.1 Å². The van der Waals surface area contributed by atoms with Crippen molar-refractivity contribution in [1.29, 1.82) is 0 Å². The van der Waals surface area contributed by atoms with Crippen LogP contribution < -0.4 is 9.30 Å². The number of imidazole rings is 1. The molecular weight excluding hydrogens is 1020 g/mol. The molecule has 342 valence electrons. The summed E-state index contributed by atoms with van der Waals surface area (Å²) in [6.07, 6.45) is 5.41. The number of ether oxygens (including phenoxy) is 1. The van der Waals surface area contributed by atoms with Gasteiger partial charge in [-0.05, 0) is 79.4 Å². The molecular formula is C63H52N4OPt-2. The molecule has 0 fully saturated rings. The van der Waals surface area contributed by atoms with E-state index in [9.17, 15) is 0 Å². The Kier molecular flexibility index (Phi) is 9.42. The Balaban J connectivity index is 0.00000704. The van der Waals surface area contributed by atoms with Gasteiger partial charge in [0.15, 0.2) is 0 Å². The first-order chi connectivity index (χ1) is 37.2. The van der Waals surface area contributed by atoms with E-state index in [4.69, 9.17) is 23.4 Å². The van der Waals surface area contributed by atoms with Gasteiger partial charge in [-0.15, -0.1) is 29.7 Å². The maximum absolute atomic E-state index is 9.06. The summed E-state index contributed by atoms with van der Waals surface area (Å²) < 4.78 is 99.6. The largest absolute Gasteiger partial charge is 0.510 e. The van der Waals surface area contributed by atoms with Gasteiger partial charge in [0.1, 0.15) is 5.82 Å². The molecule has 0 bridgehead atoms. The Morgan fingerprint density at radius 3 is 1.99 bits per heavy atom. The minimum atomic E-state index is -0.573. The molecule has 11 aromatic rings. The van der Waals surface area contributed by atoms with Crippen molar-refractivity contribution in [1.82, 2.24) is 14.1 Å². The van der Waals surface area contributed by atoms with E-state index in [-0.39, 0.29) is 60.3 Å². The van der Waals surface area contributed by atoms with Gasteiger partial charge < -0.3 is 13.9 Å². The van der Waals surface area contributed by atoms with Crippen LogP contribution in [0.3, 0.4) is 0 Å². The number of hydrogen-bond acceptors (Lipinski definition) is 2. The van der Waals surface area contributed by atoms with E-state index >= 15 is 0 Å². The Morgan fingerprint density at radius 1 is 0.623 bits per heavy atom. The van der Waals surface area contributed by atoms with Gasteiger partial charge in [-0.25, -0.2) is 4.98 Å². The van der Waals surface area contributed by atoms with Crippen LogP contribution in [0.1, 0.15) is 72.3 Å². The molecule has 0 spiro atoms. The summed E-state index contributed by atoms with van der Waals surface area (Å²) in [5.74, 6) is 2.13. The topological polar surface area (TPSA) is 35.9 Å². The molecule has 8 aromatic carbocycles. The predicted octanol–water partition coefficient (Wildman–Crippen LogP) is 15.6. The van der Waals surface area contributed by atoms with Crippen LogP contribution in [0, 0.1) is 24.4 Å². The second kappa shape index (κ2) is 18.6. The van der Waals surface area contributed by atoms with Gasteiger partial charge in [-0.3, -0.25) is 4.57 Å². The van der Waals surface area contributed by atoms with Crippen LogP contribution in [-0.2, 0) is 26.5 Å². The van der Waals surface area contributed by atoms with Gasteiger partial charge in [-0.2, -0.15) is 18.2 Å². The number of para-hydroxylation sites is 3. The maximum atomic E-state index is 9.06. The predicted molar refractivity (Wildman–Crippen MR) is 278 cm³/mol. The van der Waals surface area contributed by atoms with Crippen molar-refractivity contribution in [3.63, 3.8) is 0 Å². The number of rotatable bonds is 10. The van der Waals surface area contributed by atoms with Crippen LogP contribution in [-0.4, -0.2) is 14.1 Å². The van der Waals surface area contributed by atoms with E-state index in [0.717, 1.165) is 38.8 Å². The molecule has 0 aliphatic carbocycles. The van der Waals surface area contributed by atoms with Crippen molar-refractivity contribution in [3.05, 3.63) is 224 Å². The first-order valence-corrected chi connectivity index (χ1v) is 22.7. The molecule has 11 rings (SSSR count). The Labute approximate surface area is 433 Å². The van der Waals surface area contributed by atoms with Gasteiger partial charge >= 0.3 is 0 Å². The smallest absolute Gasteiger partial charge is 0.268 e. The Bertz CT molecular complexity index is 4100. The number of pyridine rings is 1. The fourth-order valence-electron chi connectivity index (χ4n) is 8.97. The molecule has 1 unspecified atom stereocenters. The first-order valence-electron chi connectivity index (χ1n) is 27.7. The third-order valence-corrected chi connectivity index (χ3v) is 12.8. The normalized spacial score (nSPS) is 14.2. The summed E-state index contributed by atoms with van der Waals surface area (Å²) in [7, 11) is 0. The van der Waals surface area contributed by atoms with E-state index in [2.05, 4.69) is 119 Å². The average molecular weight is 1090 g/mol. The molecule has 0 radical (unpaired) electrons. The van der Waals surface area contributed by atoms with E-state index in [1.165, 1.54) is 11.1 Å². The first kappa shape index (κ1) is 34.9. The molecule has 3 aromatic heterocycles. The third-order valence-electron chi connectivity index (χ3n) is 12.8. The molecule has 0 saturated carbocycles. The van der Waals surface area contributed by atoms with Crippen LogP contribution in [0.25, 0.3) is 83.4 Å². The molecule has 0 amide bonds. The van der Waals surface area contributed by atoms with Crippen molar-refractivity contribution in [3.8, 4) is 62.1 Å². The van der Waals surface area contributed by atoms with Crippen LogP contribution in [0.4, 0.5) is 0 Å². The van der Waals surface area contributed by atoms with Crippen LogP contribution in [0.2, 0.25) is 0 Å². The van der Waals surface area contributed by atoms with Gasteiger partial charge in [0.05, 0.1) is 30.4 Å². The summed E-state index contributed by atoms with van der Waals surface area (Å²) >= 11 is 0. The second-order valence-electron chi connectivity index (χ2n) is 18.4. The standard InChI is InChI=1S/C63H52N4O.Pt/c1-42(2)43(3)54-39-61(64-40-56(54)46-24-14-9-15-25-46)67-57-35-32-47(63(4,5)6)36-55(57)53-34-33-50(38-60(53)67)68-49-27-18-26-48(37-49)65-41-66(59-31-17-16-30-58(59)65)62-51(44-20-10-7-11-21-44)28-19-29-52(62)45-22-12-8-13-23-45;/h7-36,39-40,42-43H,1-6H3;/q-2;/i7D,8D,10D,11D,12D,13D,20D,21D,22D,23D;. The molecule has 3 heterocycles. The van der Waals surface area contributed by atoms with Gasteiger partial charge in [-0.1, -0.05) is 192 Å². The molecule has 0 aliphatic heterocycles. The van der Waals surface area contributed by atoms with Crippen molar-refractivity contribution in [2.45, 2.75) is 52.9 Å². The molecule has 5 nitrogen and oxygen atoms in total. The summed E-state index contributed by atoms with van der Waals surface area (Å²) in [6.45, 7) is 13.4. The van der Waals surface area contributed by atoms with Crippen molar-refractivity contribution in [2.75, 3.05) is 0 Å². The zero-order chi connectivity index (χ0) is 55.2. The van der Waals surface area contributed by atoms with E-state index in [1.807, 2.05) is 54.7 Å². The molecule has 6 heteroatoms. The van der Waals surface area contributed by atoms with Crippen LogP contribution in [0.15, 0.2) is 194 Å². The fraction of sp³-hybridized carbons (Fsp3) is 0.143. The van der Waals surface area contributed by atoms with Gasteiger partial charge in [0.2, 0.25) is 0 Å². The molecule has 0 saturated heterocycles. The number of nitrogens with zero attached hydrogens (tertiary/aromatic N) is 4. The number of benzene rings is 8. The number of hydrogen-bond donors (Lipinski definition) is 0. The van der Waals surface area contributed by atoms with Gasteiger partial charge in [0.25, 0.3) is 6.33 Å². The summed E-state index contributed by atoms with van der Waals surface area (Å²) in [5.41, 5.74) is 8.05. The SMILES string of the molecule is [2H]c1c([2H])c([2H])c(-c2cccc(-c3c([2H])c([2H])c([2H])c([2H])c3[2H])c2-[n+]2[c-]n(-c3[c-]c(Oc4[c-]c5c(cc4)c4cc(C(C)(C)C)ccc4n5-c4cc(C(C)C(C)C)c(-c5ccccc5)cn4)ccc3)c3ccccc32)c([2H])c1[2H].[Pt]. The molecule has 0 N–H and O–H groups in total. The number of fused-ring (bicyclic) bond motifs is 4. The zero-order valence-electron chi connectivity index (χ0n) is 48.9. The quantitative estimate of drug-likeness (QED) is 0.101. The minimum Gasteiger partial charge on any atom is -0.510 e. The zero-order valence-corrected chi connectivity index (χ0v) is 41.1. The monoisotopic (exact) mass is 1090 g/mol. The van der Waals surface area contributed by atoms with Crippen molar-refractivity contribution < 1.29 is 44.1 Å². The minimum absolute atomic E-state index is 0. The number of aromatic nitrogens is 4. The average Bonchev–Trinajstić information content (AvgIpc) is 3.86. The summed E-state index contributed by atoms with van der Waals surface area (Å²) in [5, 5.41) is 2.05. The fourth-order valence-corrected chi connectivity index (χ4v) is 8.97. The summed E-state index contributed by atoms with van der Waals surface area (Å²) in [6, 6.07) is 42.5. The van der Waals surface area contributed by atoms with E-state index < -0.39 is 60.4 Å². The third kappa shape index (κ3) is 8.51. The van der Waals surface area contributed by atoms with Crippen molar-refractivity contribution >= 4 is 32.8 Å². The Morgan fingerprint density at radius 2 is 1.29 bits per heavy atom. The van der Waals surface area contributed by atoms with E-state index in [1.54, 1.807) is 33.4 Å². The van der Waals surface area contributed by atoms with Crippen LogP contribution in [0.5, 0.6) is 11.5 Å². The van der Waals surface area contributed by atoms with Crippen LogP contribution >= 0.6 is 0 Å². The molecule has 1 atom stereocenters. The van der Waals surface area contributed by atoms with Gasteiger partial charge in [0, 0.05) is 49.8 Å². The Hall–Kier alpha value is -7.33. The molecule has 69 heavy (non-hydrogen) atoms.